The van der Waals surface area contributed by atoms with Crippen molar-refractivity contribution in [1.29, 1.82) is 0 Å². The maximum Gasteiger partial charge on any atom is 0.330 e. The van der Waals surface area contributed by atoms with Gasteiger partial charge in [-0.25, -0.2) is 4.79 Å². The van der Waals surface area contributed by atoms with Gasteiger partial charge in [-0.3, -0.25) is 0 Å². The summed E-state index contributed by atoms with van der Waals surface area (Å²) >= 11 is 0. The fourth-order valence-corrected chi connectivity index (χ4v) is 15.6. The second-order valence-electron chi connectivity index (χ2n) is 9.47. The summed E-state index contributed by atoms with van der Waals surface area (Å²) in [5, 5.41) is 14.2. The molecule has 7 heteroatoms. The number of carboxylic acid groups (broad SMARTS) is 1. The van der Waals surface area contributed by atoms with Crippen LogP contribution < -0.4 is 20.7 Å². The maximum absolute atomic E-state index is 11.4. The zero-order valence-electron chi connectivity index (χ0n) is 21.6. The molecular weight excluding hydrogens is 521 g/mol. The highest BCUT2D eigenvalue weighted by Crippen LogP contribution is 2.22. The summed E-state index contributed by atoms with van der Waals surface area (Å²) < 4.78 is 14.3. The van der Waals surface area contributed by atoms with Crippen LogP contribution in [0.15, 0.2) is 133 Å². The Labute approximate surface area is 230 Å². The Morgan fingerprint density at radius 3 is 1.29 bits per heavy atom. The van der Waals surface area contributed by atoms with Crippen molar-refractivity contribution in [3.63, 3.8) is 0 Å². The van der Waals surface area contributed by atoms with Crippen LogP contribution in [0.5, 0.6) is 0 Å². The van der Waals surface area contributed by atoms with Crippen LogP contribution in [0.1, 0.15) is 19.8 Å². The first kappa shape index (κ1) is 27.7. The minimum atomic E-state index is -2.32. The van der Waals surface area contributed by atoms with Crippen LogP contribution in [0.3, 0.4) is 0 Å². The molecule has 1 atom stereocenters. The molecule has 4 rings (SSSR count). The number of hydrogen-bond donors (Lipinski definition) is 1. The third-order valence-electron chi connectivity index (χ3n) is 6.62. The molecule has 0 bridgehead atoms. The summed E-state index contributed by atoms with van der Waals surface area (Å²) in [5.74, 6) is -0.945. The van der Waals surface area contributed by atoms with Crippen LogP contribution in [0.4, 0.5) is 0 Å². The molecule has 4 aromatic carbocycles. The highest BCUT2D eigenvalue weighted by molar-refractivity contribution is 6.88. The molecule has 1 unspecified atom stereocenters. The van der Waals surface area contributed by atoms with E-state index in [0.717, 1.165) is 0 Å². The molecule has 0 aliphatic heterocycles. The molecule has 38 heavy (non-hydrogen) atoms. The van der Waals surface area contributed by atoms with Gasteiger partial charge in [0.05, 0.1) is 0 Å². The summed E-state index contributed by atoms with van der Waals surface area (Å²) in [4.78, 5) is 11.4. The molecule has 4 aromatic rings. The standard InChI is InChI=1S/C31H34O4Si3/c1-25(31(32)33)23-24-26(2)38(34-36(27-15-7-3-8-16-27)28-17-9-4-10-18-28)35-37(29-19-11-5-12-20-29)30-21-13-6-14-22-30/h3-22,26,36-38H,1,23-24H2,2H3,(H,32,33). The number of rotatable bonds is 13. The first-order chi connectivity index (χ1) is 18.5. The molecular formula is C31H34O4Si3. The predicted molar refractivity (Wildman–Crippen MR) is 163 cm³/mol. The van der Waals surface area contributed by atoms with Gasteiger partial charge < -0.3 is 13.3 Å². The van der Waals surface area contributed by atoms with Crippen molar-refractivity contribution in [2.45, 2.75) is 25.3 Å². The molecule has 194 valence electrons. The summed E-state index contributed by atoms with van der Waals surface area (Å²) in [7, 11) is -6.44. The number of aliphatic carboxylic acids is 1. The Bertz CT molecular complexity index is 1120. The van der Waals surface area contributed by atoms with Crippen LogP contribution in [0.25, 0.3) is 0 Å². The Kier molecular flexibility index (Phi) is 10.2. The third kappa shape index (κ3) is 7.59. The lowest BCUT2D eigenvalue weighted by Crippen LogP contribution is -2.55. The van der Waals surface area contributed by atoms with E-state index in [9.17, 15) is 9.90 Å². The van der Waals surface area contributed by atoms with Crippen molar-refractivity contribution in [2.75, 3.05) is 0 Å². The van der Waals surface area contributed by atoms with E-state index in [-0.39, 0.29) is 11.1 Å². The lowest BCUT2D eigenvalue weighted by Gasteiger charge is -2.31. The van der Waals surface area contributed by atoms with E-state index < -0.39 is 33.3 Å². The average molecular weight is 555 g/mol. The normalized spacial score (nSPS) is 12.1. The van der Waals surface area contributed by atoms with E-state index in [0.29, 0.717) is 12.8 Å². The third-order valence-corrected chi connectivity index (χ3v) is 16.2. The Morgan fingerprint density at radius 2 is 1.00 bits per heavy atom. The van der Waals surface area contributed by atoms with Gasteiger partial charge in [-0.1, -0.05) is 135 Å². The molecule has 1 N–H and O–H groups in total. The van der Waals surface area contributed by atoms with Crippen molar-refractivity contribution >= 4 is 54.1 Å². The summed E-state index contributed by atoms with van der Waals surface area (Å²) in [6.07, 6.45) is 1.08. The van der Waals surface area contributed by atoms with Crippen molar-refractivity contribution in [2.24, 2.45) is 0 Å². The minimum Gasteiger partial charge on any atom is -0.478 e. The van der Waals surface area contributed by atoms with Crippen LogP contribution in [0, 0.1) is 0 Å². The van der Waals surface area contributed by atoms with Gasteiger partial charge in [0.1, 0.15) is 0 Å². The van der Waals surface area contributed by atoms with Gasteiger partial charge in [-0.2, -0.15) is 0 Å². The largest absolute Gasteiger partial charge is 0.478 e. The second-order valence-corrected chi connectivity index (χ2v) is 17.7. The molecule has 0 aromatic heterocycles. The lowest BCUT2D eigenvalue weighted by atomic mass is 10.1. The zero-order chi connectivity index (χ0) is 26.7. The summed E-state index contributed by atoms with van der Waals surface area (Å²) in [5.41, 5.74) is 0.320. The van der Waals surface area contributed by atoms with Gasteiger partial charge in [-0.05, 0) is 39.1 Å². The van der Waals surface area contributed by atoms with Crippen LogP contribution in [-0.4, -0.2) is 38.4 Å². The van der Waals surface area contributed by atoms with Crippen LogP contribution in [0.2, 0.25) is 5.54 Å². The monoisotopic (exact) mass is 554 g/mol. The highest BCUT2D eigenvalue weighted by Gasteiger charge is 2.33. The van der Waals surface area contributed by atoms with Gasteiger partial charge in [0, 0.05) is 5.57 Å². The quantitative estimate of drug-likeness (QED) is 0.204. The number of carboxylic acids is 1. The van der Waals surface area contributed by atoms with Crippen molar-refractivity contribution in [3.05, 3.63) is 133 Å². The van der Waals surface area contributed by atoms with Crippen LogP contribution >= 0.6 is 0 Å². The van der Waals surface area contributed by atoms with Gasteiger partial charge in [0.15, 0.2) is 0 Å². The molecule has 0 saturated carbocycles. The molecule has 0 aliphatic carbocycles. The van der Waals surface area contributed by atoms with Gasteiger partial charge in [-0.15, -0.1) is 0 Å². The van der Waals surface area contributed by atoms with Crippen LogP contribution in [-0.2, 0) is 13.0 Å². The van der Waals surface area contributed by atoms with E-state index in [1.165, 1.54) is 20.7 Å². The molecule has 0 aliphatic rings. The topological polar surface area (TPSA) is 55.8 Å². The van der Waals surface area contributed by atoms with E-state index in [4.69, 9.17) is 8.23 Å². The highest BCUT2D eigenvalue weighted by atomic mass is 28.4. The van der Waals surface area contributed by atoms with E-state index >= 15 is 0 Å². The van der Waals surface area contributed by atoms with Crippen molar-refractivity contribution < 1.29 is 18.1 Å². The fraction of sp³-hybridized carbons (Fsp3) is 0.129. The molecule has 0 saturated heterocycles. The van der Waals surface area contributed by atoms with E-state index in [1.807, 2.05) is 24.3 Å². The first-order valence-electron chi connectivity index (χ1n) is 12.9. The average Bonchev–Trinajstić information content (AvgIpc) is 2.97. The maximum atomic E-state index is 11.4. The van der Waals surface area contributed by atoms with Gasteiger partial charge in [0.25, 0.3) is 0 Å². The Balaban J connectivity index is 1.70. The number of carbonyl (C=O) groups is 1. The van der Waals surface area contributed by atoms with E-state index in [1.54, 1.807) is 0 Å². The zero-order valence-corrected chi connectivity index (χ0v) is 25.1. The Morgan fingerprint density at radius 1 is 0.684 bits per heavy atom. The molecule has 0 heterocycles. The SMILES string of the molecule is C=C(CCC(C)[SiH](O[SiH](c1ccccc1)c1ccccc1)O[SiH](c1ccccc1)c1ccccc1)C(=O)O. The summed E-state index contributed by atoms with van der Waals surface area (Å²) in [6.45, 7) is 5.90. The summed E-state index contributed by atoms with van der Waals surface area (Å²) in [6, 6.07) is 41.8. The predicted octanol–water partition coefficient (Wildman–Crippen LogP) is 3.13. The van der Waals surface area contributed by atoms with Gasteiger partial charge in [0.2, 0.25) is 18.1 Å². The number of hydrogen-bond acceptors (Lipinski definition) is 3. The first-order valence-corrected chi connectivity index (χ1v) is 17.8. The minimum absolute atomic E-state index is 0.0935. The second kappa shape index (κ2) is 14.0. The molecule has 0 amide bonds. The van der Waals surface area contributed by atoms with Gasteiger partial charge >= 0.3 is 15.3 Å². The fourth-order valence-electron chi connectivity index (χ4n) is 4.42. The molecule has 0 spiro atoms. The van der Waals surface area contributed by atoms with Crippen molar-refractivity contribution in [1.82, 2.24) is 0 Å². The molecule has 0 fully saturated rings. The molecule has 4 nitrogen and oxygen atoms in total. The number of benzene rings is 4. The lowest BCUT2D eigenvalue weighted by molar-refractivity contribution is -0.132. The molecule has 0 radical (unpaired) electrons. The van der Waals surface area contributed by atoms with Crippen molar-refractivity contribution in [3.8, 4) is 0 Å². The smallest absolute Gasteiger partial charge is 0.330 e. The van der Waals surface area contributed by atoms with E-state index in [2.05, 4.69) is 111 Å². The Hall–Kier alpha value is -3.34.